The van der Waals surface area contributed by atoms with Crippen molar-refractivity contribution in [2.24, 2.45) is 0 Å². The van der Waals surface area contributed by atoms with Crippen LogP contribution in [0.3, 0.4) is 0 Å². The molecule has 0 aliphatic rings. The van der Waals surface area contributed by atoms with E-state index >= 15 is 0 Å². The number of aryl methyl sites for hydroxylation is 3. The van der Waals surface area contributed by atoms with Crippen LogP contribution in [0.2, 0.25) is 0 Å². The van der Waals surface area contributed by atoms with Gasteiger partial charge < -0.3 is 15.0 Å². The highest BCUT2D eigenvalue weighted by atomic mass is 31.0. The van der Waals surface area contributed by atoms with Gasteiger partial charge in [-0.1, -0.05) is 89.5 Å². The molecule has 0 aliphatic carbocycles. The Morgan fingerprint density at radius 1 is 0.719 bits per heavy atom. The molecule has 0 aromatic heterocycles. The highest BCUT2D eigenvalue weighted by Gasteiger charge is 2.36. The molecule has 0 saturated heterocycles. The molecular formula is C27H33O4P. The minimum absolute atomic E-state index is 0.0897. The summed E-state index contributed by atoms with van der Waals surface area (Å²) in [5.41, 5.74) is 7.94. The zero-order valence-electron chi connectivity index (χ0n) is 19.5. The molecule has 0 saturated carbocycles. The fraction of sp³-hybridized carbons (Fsp3) is 0.259. The number of carboxylic acids is 2. The summed E-state index contributed by atoms with van der Waals surface area (Å²) in [6, 6.07) is 27.1. The van der Waals surface area contributed by atoms with E-state index in [1.54, 1.807) is 0 Å². The van der Waals surface area contributed by atoms with Crippen molar-refractivity contribution >= 4 is 21.2 Å². The van der Waals surface area contributed by atoms with Crippen LogP contribution in [0, 0.1) is 20.8 Å². The Balaban J connectivity index is 0.000000554. The van der Waals surface area contributed by atoms with E-state index in [4.69, 9.17) is 19.8 Å². The minimum Gasteiger partial charge on any atom is -0.550 e. The zero-order chi connectivity index (χ0) is 24.3. The highest BCUT2D eigenvalue weighted by Crippen LogP contribution is 2.41. The molecule has 3 aromatic rings. The zero-order valence-corrected chi connectivity index (χ0v) is 20.9. The number of carbonyl (C=O) groups excluding carboxylic acids is 1. The largest absolute Gasteiger partial charge is 0.550 e. The predicted octanol–water partition coefficient (Wildman–Crippen LogP) is 4.40. The molecule has 32 heavy (non-hydrogen) atoms. The number of benzene rings is 3. The summed E-state index contributed by atoms with van der Waals surface area (Å²) in [6.45, 7) is 8.50. The maximum absolute atomic E-state index is 9.00. The third kappa shape index (κ3) is 7.94. The lowest BCUT2D eigenvalue weighted by atomic mass is 9.70. The molecule has 1 unspecified atom stereocenters. The lowest BCUT2D eigenvalue weighted by molar-refractivity contribution is -0.302. The minimum atomic E-state index is -1.08. The molecular weight excluding hydrogens is 419 g/mol. The van der Waals surface area contributed by atoms with Crippen LogP contribution in [-0.2, 0) is 15.0 Å². The first-order valence-corrected chi connectivity index (χ1v) is 11.4. The van der Waals surface area contributed by atoms with Crippen molar-refractivity contribution in [3.8, 4) is 0 Å². The average molecular weight is 453 g/mol. The Morgan fingerprint density at radius 3 is 1.06 bits per heavy atom. The van der Waals surface area contributed by atoms with Gasteiger partial charge in [0.25, 0.3) is 5.97 Å². The normalized spacial score (nSPS) is 10.3. The molecule has 0 bridgehead atoms. The van der Waals surface area contributed by atoms with Crippen molar-refractivity contribution in [2.45, 2.75) is 40.0 Å². The van der Waals surface area contributed by atoms with Crippen LogP contribution in [0.25, 0.3) is 0 Å². The lowest BCUT2D eigenvalue weighted by Crippen LogP contribution is -2.31. The molecule has 0 aliphatic heterocycles. The van der Waals surface area contributed by atoms with E-state index < -0.39 is 11.9 Å². The fourth-order valence-electron chi connectivity index (χ4n) is 3.45. The Kier molecular flexibility index (Phi) is 10.8. The summed E-state index contributed by atoms with van der Waals surface area (Å²) in [6.07, 6.45) is 1.06. The Hall–Kier alpha value is -2.97. The molecule has 3 aromatic carbocycles. The van der Waals surface area contributed by atoms with Gasteiger partial charge >= 0.3 is 0 Å². The second kappa shape index (κ2) is 12.8. The quantitative estimate of drug-likeness (QED) is 0.470. The monoisotopic (exact) mass is 452 g/mol. The van der Waals surface area contributed by atoms with Gasteiger partial charge in [-0.05, 0) is 53.6 Å². The molecule has 3 rings (SSSR count). The van der Waals surface area contributed by atoms with Gasteiger partial charge in [0.05, 0.1) is 11.6 Å². The van der Waals surface area contributed by atoms with Crippen LogP contribution in [0.5, 0.6) is 0 Å². The van der Waals surface area contributed by atoms with Gasteiger partial charge in [0.15, 0.2) is 0 Å². The van der Waals surface area contributed by atoms with Crippen molar-refractivity contribution in [3.05, 3.63) is 106 Å². The summed E-state index contributed by atoms with van der Waals surface area (Å²) in [4.78, 5) is 17.9. The van der Waals surface area contributed by atoms with E-state index in [1.807, 2.05) is 0 Å². The van der Waals surface area contributed by atoms with Gasteiger partial charge in [-0.15, -0.1) is 0 Å². The summed E-state index contributed by atoms with van der Waals surface area (Å²) in [5, 5.41) is 16.3. The Bertz CT molecular complexity index is 860. The van der Waals surface area contributed by atoms with Crippen LogP contribution < -0.4 is 5.11 Å². The first-order valence-electron chi connectivity index (χ1n) is 10.4. The number of rotatable bonds is 4. The van der Waals surface area contributed by atoms with Crippen LogP contribution in [-0.4, -0.2) is 23.2 Å². The summed E-state index contributed by atoms with van der Waals surface area (Å²) < 4.78 is 0. The second-order valence-electron chi connectivity index (χ2n) is 7.76. The maximum atomic E-state index is 9.00. The number of carboxylic acid groups (broad SMARTS) is 2. The number of hydrogen-bond donors (Lipinski definition) is 1. The first kappa shape index (κ1) is 27.1. The van der Waals surface area contributed by atoms with Gasteiger partial charge in [-0.3, -0.25) is 4.79 Å². The van der Waals surface area contributed by atoms with Crippen molar-refractivity contribution in [1.82, 2.24) is 0 Å². The number of carbonyl (C=O) groups is 2. The molecule has 1 atom stereocenters. The second-order valence-corrected chi connectivity index (χ2v) is 8.26. The topological polar surface area (TPSA) is 77.4 Å². The third-order valence-corrected chi connectivity index (χ3v) is 5.76. The lowest BCUT2D eigenvalue weighted by Gasteiger charge is -2.33. The van der Waals surface area contributed by atoms with Crippen molar-refractivity contribution < 1.29 is 19.8 Å². The van der Waals surface area contributed by atoms with E-state index in [0.717, 1.165) is 20.0 Å². The Morgan fingerprint density at radius 2 is 0.906 bits per heavy atom. The summed E-state index contributed by atoms with van der Waals surface area (Å²) in [5.74, 6) is -1.92. The SMILES string of the molecule is CC(=O)O.CC(=O)[O-].Cc1ccc(C(C[PH3+])(c2ccc(C)cc2)c2ccc(C)cc2)cc1. The summed E-state index contributed by atoms with van der Waals surface area (Å²) in [7, 11) is 2.06. The van der Waals surface area contributed by atoms with Gasteiger partial charge in [0.1, 0.15) is 0 Å². The molecule has 0 heterocycles. The van der Waals surface area contributed by atoms with Crippen molar-refractivity contribution in [2.75, 3.05) is 6.16 Å². The van der Waals surface area contributed by atoms with Crippen LogP contribution >= 0.6 is 9.24 Å². The standard InChI is InChI=1S/C23H25P.2C2H4O2/c1-17-4-10-20(11-5-17)23(16-24,21-12-6-18(2)7-13-21)22-14-8-19(3)9-15-22;2*1-2(3)4/h4-15H,16,24H2,1-3H3;2*1H3,(H,3,4). The maximum Gasteiger partial charge on any atom is 0.300 e. The number of aliphatic carboxylic acids is 2. The molecule has 0 amide bonds. The first-order chi connectivity index (χ1) is 15.0. The van der Waals surface area contributed by atoms with Crippen LogP contribution in [0.1, 0.15) is 47.2 Å². The van der Waals surface area contributed by atoms with Crippen LogP contribution in [0.4, 0.5) is 0 Å². The molecule has 1 N–H and O–H groups in total. The molecule has 0 spiro atoms. The van der Waals surface area contributed by atoms with E-state index in [2.05, 4.69) is 103 Å². The van der Waals surface area contributed by atoms with Crippen molar-refractivity contribution in [3.63, 3.8) is 0 Å². The highest BCUT2D eigenvalue weighted by molar-refractivity contribution is 7.16. The Labute approximate surface area is 193 Å². The van der Waals surface area contributed by atoms with Gasteiger partial charge in [-0.25, -0.2) is 0 Å². The van der Waals surface area contributed by atoms with Crippen LogP contribution in [0.15, 0.2) is 72.8 Å². The fourth-order valence-corrected chi connectivity index (χ4v) is 4.31. The van der Waals surface area contributed by atoms with E-state index in [0.29, 0.717) is 0 Å². The molecule has 0 fully saturated rings. The van der Waals surface area contributed by atoms with Gasteiger partial charge in [0.2, 0.25) is 0 Å². The predicted molar refractivity (Wildman–Crippen MR) is 133 cm³/mol. The van der Waals surface area contributed by atoms with Gasteiger partial charge in [-0.2, -0.15) is 0 Å². The number of hydrogen-bond acceptors (Lipinski definition) is 3. The van der Waals surface area contributed by atoms with E-state index in [-0.39, 0.29) is 5.41 Å². The van der Waals surface area contributed by atoms with E-state index in [9.17, 15) is 0 Å². The van der Waals surface area contributed by atoms with E-state index in [1.165, 1.54) is 33.4 Å². The summed E-state index contributed by atoms with van der Waals surface area (Å²) >= 11 is 0. The molecule has 0 radical (unpaired) electrons. The molecule has 5 heteroatoms. The average Bonchev–Trinajstić information content (AvgIpc) is 2.72. The third-order valence-electron chi connectivity index (χ3n) is 5.01. The molecule has 170 valence electrons. The smallest absolute Gasteiger partial charge is 0.300 e. The van der Waals surface area contributed by atoms with Crippen molar-refractivity contribution in [1.29, 1.82) is 0 Å². The molecule has 4 nitrogen and oxygen atoms in total. The van der Waals surface area contributed by atoms with Gasteiger partial charge in [0, 0.05) is 12.9 Å².